The zero-order valence-electron chi connectivity index (χ0n) is 25.5. The van der Waals surface area contributed by atoms with Crippen molar-refractivity contribution >= 4 is 39.3 Å². The molecule has 0 saturated carbocycles. The van der Waals surface area contributed by atoms with Crippen LogP contribution in [0.1, 0.15) is 38.2 Å². The van der Waals surface area contributed by atoms with Crippen LogP contribution >= 0.6 is 0 Å². The van der Waals surface area contributed by atoms with Gasteiger partial charge in [0.2, 0.25) is 0 Å². The number of aromatic nitrogens is 1. The second-order valence-electron chi connectivity index (χ2n) is 11.9. The molecule has 5 nitrogen and oxygen atoms in total. The van der Waals surface area contributed by atoms with E-state index in [1.807, 2.05) is 91.0 Å². The number of benzene rings is 6. The lowest BCUT2D eigenvalue weighted by Crippen LogP contribution is -2.30. The molecule has 1 aromatic heterocycles. The van der Waals surface area contributed by atoms with Crippen molar-refractivity contribution < 1.29 is 4.79 Å². The van der Waals surface area contributed by atoms with E-state index in [2.05, 4.69) is 60.1 Å². The van der Waals surface area contributed by atoms with E-state index in [0.29, 0.717) is 22.3 Å². The number of ketones is 1. The molecular formula is C41H30N4O. The van der Waals surface area contributed by atoms with Gasteiger partial charge in [-0.15, -0.1) is 0 Å². The van der Waals surface area contributed by atoms with Gasteiger partial charge in [-0.1, -0.05) is 108 Å². The van der Waals surface area contributed by atoms with E-state index in [1.165, 1.54) is 21.9 Å². The van der Waals surface area contributed by atoms with Crippen LogP contribution in [0.4, 0.5) is 0 Å². The molecule has 8 rings (SSSR count). The Labute approximate surface area is 266 Å². The fourth-order valence-corrected chi connectivity index (χ4v) is 6.88. The smallest absolute Gasteiger partial charge is 0.197 e. The highest BCUT2D eigenvalue weighted by Gasteiger charge is 2.33. The molecule has 6 aromatic carbocycles. The SMILES string of the molecule is Cc1ccc2c(c1)c1cc(C)ccc1n2-c1cccc2c1C(=O)c1c(-c3ccccc3C(=N)NC(=N)c3ccccc3)cccc1-2. The van der Waals surface area contributed by atoms with Gasteiger partial charge in [0.1, 0.15) is 11.7 Å². The maximum absolute atomic E-state index is 14.7. The van der Waals surface area contributed by atoms with Crippen molar-refractivity contribution in [3.05, 3.63) is 161 Å². The molecule has 0 fully saturated rings. The molecule has 0 aliphatic heterocycles. The second-order valence-corrected chi connectivity index (χ2v) is 11.9. The van der Waals surface area contributed by atoms with E-state index in [1.54, 1.807) is 0 Å². The van der Waals surface area contributed by atoms with Crippen LogP contribution in [0.15, 0.2) is 127 Å². The summed E-state index contributed by atoms with van der Waals surface area (Å²) in [5.41, 5.74) is 11.3. The molecule has 0 unspecified atom stereocenters. The first kappa shape index (κ1) is 27.5. The van der Waals surface area contributed by atoms with Crippen molar-refractivity contribution in [1.29, 1.82) is 10.8 Å². The Bertz CT molecular complexity index is 2360. The van der Waals surface area contributed by atoms with E-state index in [9.17, 15) is 4.79 Å². The fourth-order valence-electron chi connectivity index (χ4n) is 6.88. The predicted octanol–water partition coefficient (Wildman–Crippen LogP) is 9.22. The van der Waals surface area contributed by atoms with Crippen LogP contribution in [-0.4, -0.2) is 22.0 Å². The Morgan fingerprint density at radius 1 is 0.565 bits per heavy atom. The molecule has 0 atom stereocenters. The molecule has 7 aromatic rings. The van der Waals surface area contributed by atoms with Crippen molar-refractivity contribution in [2.75, 3.05) is 0 Å². The molecule has 5 heteroatoms. The number of nitrogens with one attached hydrogen (secondary N) is 3. The van der Waals surface area contributed by atoms with Gasteiger partial charge in [0, 0.05) is 27.5 Å². The van der Waals surface area contributed by atoms with E-state index in [4.69, 9.17) is 10.8 Å². The summed E-state index contributed by atoms with van der Waals surface area (Å²) in [5, 5.41) is 22.8. The maximum Gasteiger partial charge on any atom is 0.197 e. The molecule has 220 valence electrons. The van der Waals surface area contributed by atoms with Crippen LogP contribution in [0.3, 0.4) is 0 Å². The third-order valence-electron chi connectivity index (χ3n) is 8.97. The van der Waals surface area contributed by atoms with Crippen LogP contribution < -0.4 is 5.32 Å². The molecule has 1 aliphatic carbocycles. The van der Waals surface area contributed by atoms with Gasteiger partial charge >= 0.3 is 0 Å². The molecule has 0 radical (unpaired) electrons. The third-order valence-corrected chi connectivity index (χ3v) is 8.97. The van der Waals surface area contributed by atoms with Crippen molar-refractivity contribution in [2.45, 2.75) is 13.8 Å². The Kier molecular flexibility index (Phi) is 6.29. The highest BCUT2D eigenvalue weighted by atomic mass is 16.1. The lowest BCUT2D eigenvalue weighted by Gasteiger charge is -2.15. The van der Waals surface area contributed by atoms with Gasteiger partial charge in [-0.05, 0) is 66.4 Å². The Morgan fingerprint density at radius 3 is 1.78 bits per heavy atom. The summed E-state index contributed by atoms with van der Waals surface area (Å²) < 4.78 is 2.23. The first-order valence-electron chi connectivity index (χ1n) is 15.3. The van der Waals surface area contributed by atoms with Crippen LogP contribution in [0, 0.1) is 24.7 Å². The normalized spacial score (nSPS) is 11.9. The van der Waals surface area contributed by atoms with Crippen molar-refractivity contribution in [3.8, 4) is 27.9 Å². The molecule has 3 N–H and O–H groups in total. The van der Waals surface area contributed by atoms with E-state index in [-0.39, 0.29) is 17.5 Å². The number of carbonyl (C=O) groups is 1. The van der Waals surface area contributed by atoms with E-state index >= 15 is 0 Å². The number of aryl methyl sites for hydroxylation is 2. The number of hydrogen-bond donors (Lipinski definition) is 3. The van der Waals surface area contributed by atoms with Crippen LogP contribution in [0.2, 0.25) is 0 Å². The van der Waals surface area contributed by atoms with Crippen molar-refractivity contribution in [2.24, 2.45) is 0 Å². The van der Waals surface area contributed by atoms with Gasteiger partial charge in [-0.25, -0.2) is 0 Å². The van der Waals surface area contributed by atoms with Gasteiger partial charge in [0.25, 0.3) is 0 Å². The third kappa shape index (κ3) is 4.20. The topological polar surface area (TPSA) is 81.7 Å². The summed E-state index contributed by atoms with van der Waals surface area (Å²) in [5.74, 6) is 0.210. The molecule has 1 heterocycles. The van der Waals surface area contributed by atoms with E-state index in [0.717, 1.165) is 39.0 Å². The minimum atomic E-state index is -0.0308. The summed E-state index contributed by atoms with van der Waals surface area (Å²) in [4.78, 5) is 14.7. The van der Waals surface area contributed by atoms with Gasteiger partial charge in [0.05, 0.1) is 22.3 Å². The van der Waals surface area contributed by atoms with Gasteiger partial charge in [-0.3, -0.25) is 15.6 Å². The van der Waals surface area contributed by atoms with Gasteiger partial charge < -0.3 is 9.88 Å². The van der Waals surface area contributed by atoms with Crippen LogP contribution in [-0.2, 0) is 0 Å². The summed E-state index contributed by atoms with van der Waals surface area (Å²) in [6.07, 6.45) is 0. The Hall–Kier alpha value is -6.07. The fraction of sp³-hybridized carbons (Fsp3) is 0.0488. The quantitative estimate of drug-likeness (QED) is 0.140. The minimum absolute atomic E-state index is 0.0308. The predicted molar refractivity (Wildman–Crippen MR) is 188 cm³/mol. The average Bonchev–Trinajstić information content (AvgIpc) is 3.56. The lowest BCUT2D eigenvalue weighted by molar-refractivity contribution is 0.104. The monoisotopic (exact) mass is 594 g/mol. The maximum atomic E-state index is 14.7. The number of rotatable bonds is 4. The van der Waals surface area contributed by atoms with Crippen LogP contribution in [0.25, 0.3) is 49.7 Å². The molecular weight excluding hydrogens is 564 g/mol. The molecule has 0 amide bonds. The highest BCUT2D eigenvalue weighted by molar-refractivity contribution is 6.27. The standard InChI is InChI=1S/C41H30N4O/c1-24-18-20-34-32(22-24)33-23-25(2)19-21-35(33)45(34)36-17-9-16-30-29-15-8-14-28(37(29)39(46)38(30)36)27-12-6-7-13-31(27)41(43)44-40(42)26-10-4-3-5-11-26/h3-23H,1-2H3,(H3,42,43,44). The van der Waals surface area contributed by atoms with Gasteiger partial charge in [-0.2, -0.15) is 0 Å². The first-order valence-corrected chi connectivity index (χ1v) is 15.3. The minimum Gasteiger partial charge on any atom is -0.325 e. The second kappa shape index (κ2) is 10.5. The number of amidine groups is 2. The van der Waals surface area contributed by atoms with Gasteiger partial charge in [0.15, 0.2) is 5.78 Å². The summed E-state index contributed by atoms with van der Waals surface area (Å²) in [6.45, 7) is 4.22. The molecule has 1 aliphatic rings. The summed E-state index contributed by atoms with van der Waals surface area (Å²) in [7, 11) is 0. The summed E-state index contributed by atoms with van der Waals surface area (Å²) in [6, 6.07) is 42.0. The lowest BCUT2D eigenvalue weighted by atomic mass is 9.91. The number of nitrogens with zero attached hydrogens (tertiary/aromatic N) is 1. The zero-order chi connectivity index (χ0) is 31.5. The van der Waals surface area contributed by atoms with Crippen molar-refractivity contribution in [1.82, 2.24) is 9.88 Å². The largest absolute Gasteiger partial charge is 0.325 e. The van der Waals surface area contributed by atoms with Crippen molar-refractivity contribution in [3.63, 3.8) is 0 Å². The Balaban J connectivity index is 1.27. The van der Waals surface area contributed by atoms with E-state index < -0.39 is 0 Å². The zero-order valence-corrected chi connectivity index (χ0v) is 25.5. The number of hydrogen-bond acceptors (Lipinski definition) is 3. The molecule has 0 spiro atoms. The number of carbonyl (C=O) groups excluding carboxylic acids is 1. The molecule has 0 bridgehead atoms. The Morgan fingerprint density at radius 2 is 1.11 bits per heavy atom. The first-order chi connectivity index (χ1) is 22.4. The average molecular weight is 595 g/mol. The molecule has 46 heavy (non-hydrogen) atoms. The number of fused-ring (bicyclic) bond motifs is 6. The molecule has 0 saturated heterocycles. The highest BCUT2D eigenvalue weighted by Crippen LogP contribution is 2.45. The summed E-state index contributed by atoms with van der Waals surface area (Å²) >= 11 is 0. The van der Waals surface area contributed by atoms with Crippen LogP contribution in [0.5, 0.6) is 0 Å².